The Hall–Kier alpha value is -1.06. The molecule has 1 heterocycles. The lowest BCUT2D eigenvalue weighted by Crippen LogP contribution is -2.46. The van der Waals surface area contributed by atoms with E-state index in [1.54, 1.807) is 0 Å². The minimum absolute atomic E-state index is 0.370. The van der Waals surface area contributed by atoms with Crippen molar-refractivity contribution >= 4 is 0 Å². The van der Waals surface area contributed by atoms with Gasteiger partial charge in [-0.3, -0.25) is 4.90 Å². The second-order valence-electron chi connectivity index (χ2n) is 5.87. The van der Waals surface area contributed by atoms with Gasteiger partial charge >= 0.3 is 0 Å². The van der Waals surface area contributed by atoms with Gasteiger partial charge in [0.25, 0.3) is 0 Å². The molecule has 0 spiro atoms. The van der Waals surface area contributed by atoms with Gasteiger partial charge in [-0.05, 0) is 36.5 Å². The molecule has 0 aromatic heterocycles. The molecule has 1 atom stereocenters. The van der Waals surface area contributed by atoms with Gasteiger partial charge in [0.1, 0.15) is 5.75 Å². The minimum atomic E-state index is 0.370. The molecular weight excluding hydrogens is 236 g/mol. The average molecular weight is 260 g/mol. The third kappa shape index (κ3) is 2.93. The second-order valence-corrected chi connectivity index (χ2v) is 5.87. The van der Waals surface area contributed by atoms with Crippen LogP contribution in [0, 0.1) is 5.92 Å². The van der Waals surface area contributed by atoms with Gasteiger partial charge < -0.3 is 10.4 Å². The molecule has 3 nitrogen and oxygen atoms in total. The summed E-state index contributed by atoms with van der Waals surface area (Å²) in [5.41, 5.74) is 1.38. The van der Waals surface area contributed by atoms with Crippen molar-refractivity contribution < 1.29 is 5.11 Å². The Morgan fingerprint density at radius 1 is 1.05 bits per heavy atom. The first kappa shape index (κ1) is 12.9. The van der Waals surface area contributed by atoms with Crippen LogP contribution < -0.4 is 5.32 Å². The number of piperazine rings is 1. The van der Waals surface area contributed by atoms with E-state index in [0.29, 0.717) is 11.8 Å². The largest absolute Gasteiger partial charge is 0.508 e. The fourth-order valence-electron chi connectivity index (χ4n) is 3.69. The zero-order valence-electron chi connectivity index (χ0n) is 11.5. The quantitative estimate of drug-likeness (QED) is 0.876. The number of nitrogens with zero attached hydrogens (tertiary/aromatic N) is 1. The summed E-state index contributed by atoms with van der Waals surface area (Å²) in [6.07, 6.45) is 5.47. The Labute approximate surface area is 115 Å². The van der Waals surface area contributed by atoms with Crippen LogP contribution in [0.15, 0.2) is 24.3 Å². The van der Waals surface area contributed by atoms with Gasteiger partial charge in [-0.2, -0.15) is 0 Å². The monoisotopic (exact) mass is 260 g/mol. The highest BCUT2D eigenvalue weighted by atomic mass is 16.3. The maximum absolute atomic E-state index is 9.49. The molecule has 1 aliphatic carbocycles. The number of benzene rings is 1. The highest BCUT2D eigenvalue weighted by Crippen LogP contribution is 2.39. The van der Waals surface area contributed by atoms with Crippen LogP contribution in [-0.2, 0) is 0 Å². The maximum Gasteiger partial charge on any atom is 0.115 e. The van der Waals surface area contributed by atoms with Gasteiger partial charge in [0.15, 0.2) is 0 Å². The van der Waals surface area contributed by atoms with Crippen molar-refractivity contribution in [2.45, 2.75) is 31.7 Å². The van der Waals surface area contributed by atoms with Crippen LogP contribution in [0.3, 0.4) is 0 Å². The van der Waals surface area contributed by atoms with Gasteiger partial charge in [-0.25, -0.2) is 0 Å². The summed E-state index contributed by atoms with van der Waals surface area (Å²) in [4.78, 5) is 2.64. The molecule has 2 aliphatic rings. The van der Waals surface area contributed by atoms with Gasteiger partial charge in [0.05, 0.1) is 0 Å². The van der Waals surface area contributed by atoms with Crippen molar-refractivity contribution in [3.8, 4) is 5.75 Å². The molecule has 1 aromatic rings. The molecule has 0 bridgehead atoms. The summed E-state index contributed by atoms with van der Waals surface area (Å²) < 4.78 is 0. The van der Waals surface area contributed by atoms with E-state index in [4.69, 9.17) is 0 Å². The SMILES string of the molecule is Oc1ccc([C@@H](C2CCCC2)N2CCNCC2)cc1. The smallest absolute Gasteiger partial charge is 0.115 e. The number of hydrogen-bond acceptors (Lipinski definition) is 3. The Bertz CT molecular complexity index is 392. The van der Waals surface area contributed by atoms with Crippen molar-refractivity contribution in [1.82, 2.24) is 10.2 Å². The van der Waals surface area contributed by atoms with Crippen LogP contribution in [0.1, 0.15) is 37.3 Å². The molecule has 1 aliphatic heterocycles. The molecule has 3 heteroatoms. The van der Waals surface area contributed by atoms with E-state index in [2.05, 4.69) is 22.3 Å². The number of hydrogen-bond donors (Lipinski definition) is 2. The predicted octanol–water partition coefficient (Wildman–Crippen LogP) is 2.53. The zero-order valence-corrected chi connectivity index (χ0v) is 11.5. The minimum Gasteiger partial charge on any atom is -0.508 e. The van der Waals surface area contributed by atoms with Gasteiger partial charge in [-0.1, -0.05) is 25.0 Å². The van der Waals surface area contributed by atoms with Gasteiger partial charge in [-0.15, -0.1) is 0 Å². The maximum atomic E-state index is 9.49. The van der Waals surface area contributed by atoms with Gasteiger partial charge in [0.2, 0.25) is 0 Å². The average Bonchev–Trinajstić information content (AvgIpc) is 2.96. The molecule has 2 N–H and O–H groups in total. The van der Waals surface area contributed by atoms with Crippen molar-refractivity contribution in [3.05, 3.63) is 29.8 Å². The lowest BCUT2D eigenvalue weighted by Gasteiger charge is -2.38. The van der Waals surface area contributed by atoms with E-state index in [0.717, 1.165) is 32.1 Å². The lowest BCUT2D eigenvalue weighted by molar-refractivity contribution is 0.125. The fraction of sp³-hybridized carbons (Fsp3) is 0.625. The number of phenols is 1. The van der Waals surface area contributed by atoms with E-state index in [9.17, 15) is 5.11 Å². The summed E-state index contributed by atoms with van der Waals surface area (Å²) in [6, 6.07) is 8.44. The van der Waals surface area contributed by atoms with Gasteiger partial charge in [0, 0.05) is 32.2 Å². The molecule has 3 rings (SSSR count). The molecule has 19 heavy (non-hydrogen) atoms. The van der Waals surface area contributed by atoms with E-state index in [1.165, 1.54) is 31.2 Å². The summed E-state index contributed by atoms with van der Waals surface area (Å²) >= 11 is 0. The van der Waals surface area contributed by atoms with E-state index in [-0.39, 0.29) is 0 Å². The second kappa shape index (κ2) is 5.93. The van der Waals surface area contributed by atoms with Crippen LogP contribution in [0.5, 0.6) is 5.75 Å². The van der Waals surface area contributed by atoms with Crippen LogP contribution in [0.2, 0.25) is 0 Å². The Kier molecular flexibility index (Phi) is 4.04. The number of phenolic OH excluding ortho intramolecular Hbond substituents is 1. The molecule has 1 aromatic carbocycles. The Morgan fingerprint density at radius 2 is 1.68 bits per heavy atom. The summed E-state index contributed by atoms with van der Waals surface area (Å²) in [5, 5.41) is 12.9. The molecule has 2 fully saturated rings. The first-order valence-corrected chi connectivity index (χ1v) is 7.58. The van der Waals surface area contributed by atoms with E-state index >= 15 is 0 Å². The number of aromatic hydroxyl groups is 1. The Balaban J connectivity index is 1.83. The summed E-state index contributed by atoms with van der Waals surface area (Å²) in [5.74, 6) is 1.16. The molecule has 0 amide bonds. The van der Waals surface area contributed by atoms with E-state index < -0.39 is 0 Å². The molecule has 104 valence electrons. The number of rotatable bonds is 3. The standard InChI is InChI=1S/C16H24N2O/c19-15-7-5-14(6-8-15)16(13-3-1-2-4-13)18-11-9-17-10-12-18/h5-8,13,16-17,19H,1-4,9-12H2/t16-/m1/s1. The Morgan fingerprint density at radius 3 is 2.32 bits per heavy atom. The van der Waals surface area contributed by atoms with E-state index in [1.807, 2.05) is 12.1 Å². The lowest BCUT2D eigenvalue weighted by atomic mass is 9.89. The highest BCUT2D eigenvalue weighted by Gasteiger charge is 2.31. The third-order valence-corrected chi connectivity index (χ3v) is 4.63. The third-order valence-electron chi connectivity index (χ3n) is 4.63. The van der Waals surface area contributed by atoms with Crippen molar-refractivity contribution in [2.24, 2.45) is 5.92 Å². The fourth-order valence-corrected chi connectivity index (χ4v) is 3.69. The predicted molar refractivity (Wildman–Crippen MR) is 77.2 cm³/mol. The molecule has 0 radical (unpaired) electrons. The van der Waals surface area contributed by atoms with Crippen LogP contribution in [0.25, 0.3) is 0 Å². The number of nitrogens with one attached hydrogen (secondary N) is 1. The normalized spacial score (nSPS) is 23.6. The zero-order chi connectivity index (χ0) is 13.1. The molecular formula is C16H24N2O. The summed E-state index contributed by atoms with van der Waals surface area (Å²) in [7, 11) is 0. The van der Waals surface area contributed by atoms with Crippen molar-refractivity contribution in [2.75, 3.05) is 26.2 Å². The topological polar surface area (TPSA) is 35.5 Å². The highest BCUT2D eigenvalue weighted by molar-refractivity contribution is 5.28. The van der Waals surface area contributed by atoms with Crippen molar-refractivity contribution in [1.29, 1.82) is 0 Å². The van der Waals surface area contributed by atoms with Crippen molar-refractivity contribution in [3.63, 3.8) is 0 Å². The molecule has 0 unspecified atom stereocenters. The molecule has 1 saturated carbocycles. The molecule has 1 saturated heterocycles. The van der Waals surface area contributed by atoms with Crippen LogP contribution in [0.4, 0.5) is 0 Å². The first-order chi connectivity index (χ1) is 9.34. The summed E-state index contributed by atoms with van der Waals surface area (Å²) in [6.45, 7) is 4.48. The first-order valence-electron chi connectivity index (χ1n) is 7.58. The van der Waals surface area contributed by atoms with Crippen LogP contribution >= 0.6 is 0 Å². The van der Waals surface area contributed by atoms with Crippen LogP contribution in [-0.4, -0.2) is 36.2 Å².